The predicted octanol–water partition coefficient (Wildman–Crippen LogP) is 4.28. The average molecular weight is 268 g/mol. The second-order valence-corrected chi connectivity index (χ2v) is 6.27. The van der Waals surface area contributed by atoms with Gasteiger partial charge in [0.1, 0.15) is 0 Å². The lowest BCUT2D eigenvalue weighted by Gasteiger charge is -2.22. The minimum atomic E-state index is -0.444. The third-order valence-corrected chi connectivity index (χ3v) is 4.46. The summed E-state index contributed by atoms with van der Waals surface area (Å²) in [6.07, 6.45) is 3.80. The molecule has 0 amide bonds. The van der Waals surface area contributed by atoms with Gasteiger partial charge in [0.15, 0.2) is 5.78 Å². The first kappa shape index (κ1) is 13.7. The van der Waals surface area contributed by atoms with Crippen LogP contribution in [0, 0.1) is 19.8 Å². The molecule has 1 heterocycles. The summed E-state index contributed by atoms with van der Waals surface area (Å²) in [6.45, 7) is 8.19. The SMILES string of the molecule is Cc1cc(C(=O)C(C)Cl)c(C)n1C1CCCC1C. The van der Waals surface area contributed by atoms with Crippen LogP contribution in [-0.2, 0) is 0 Å². The van der Waals surface area contributed by atoms with Crippen LogP contribution in [0.1, 0.15) is 60.9 Å². The van der Waals surface area contributed by atoms with E-state index in [0.29, 0.717) is 12.0 Å². The Kier molecular flexibility index (Phi) is 3.86. The van der Waals surface area contributed by atoms with Gasteiger partial charge in [-0.25, -0.2) is 0 Å². The number of rotatable bonds is 3. The summed E-state index contributed by atoms with van der Waals surface area (Å²) in [6, 6.07) is 2.55. The molecule has 1 aromatic heterocycles. The van der Waals surface area contributed by atoms with Crippen LogP contribution in [-0.4, -0.2) is 15.7 Å². The number of nitrogens with zero attached hydrogens (tertiary/aromatic N) is 1. The second-order valence-electron chi connectivity index (χ2n) is 5.61. The van der Waals surface area contributed by atoms with Crippen molar-refractivity contribution in [3.8, 4) is 0 Å². The number of halogens is 1. The molecular weight excluding hydrogens is 246 g/mol. The van der Waals surface area contributed by atoms with Crippen molar-refractivity contribution in [1.82, 2.24) is 4.57 Å². The molecule has 2 nitrogen and oxygen atoms in total. The van der Waals surface area contributed by atoms with Crippen LogP contribution in [0.3, 0.4) is 0 Å². The summed E-state index contributed by atoms with van der Waals surface area (Å²) in [4.78, 5) is 12.1. The van der Waals surface area contributed by atoms with Gasteiger partial charge < -0.3 is 4.57 Å². The van der Waals surface area contributed by atoms with Gasteiger partial charge in [0.2, 0.25) is 0 Å². The molecule has 1 saturated carbocycles. The van der Waals surface area contributed by atoms with Gasteiger partial charge in [0, 0.05) is 23.0 Å². The molecule has 1 aliphatic carbocycles. The lowest BCUT2D eigenvalue weighted by atomic mass is 10.1. The number of ketones is 1. The highest BCUT2D eigenvalue weighted by atomic mass is 35.5. The monoisotopic (exact) mass is 267 g/mol. The lowest BCUT2D eigenvalue weighted by Crippen LogP contribution is -2.16. The van der Waals surface area contributed by atoms with E-state index in [9.17, 15) is 4.79 Å². The van der Waals surface area contributed by atoms with Crippen molar-refractivity contribution in [1.29, 1.82) is 0 Å². The van der Waals surface area contributed by atoms with E-state index in [1.165, 1.54) is 25.0 Å². The van der Waals surface area contributed by atoms with Gasteiger partial charge in [0.05, 0.1) is 5.38 Å². The Balaban J connectivity index is 2.41. The highest BCUT2D eigenvalue weighted by Gasteiger charge is 2.29. The van der Waals surface area contributed by atoms with Crippen molar-refractivity contribution in [3.05, 3.63) is 23.0 Å². The van der Waals surface area contributed by atoms with Gasteiger partial charge in [-0.2, -0.15) is 0 Å². The molecule has 0 aromatic carbocycles. The molecular formula is C15H22ClNO. The molecule has 0 N–H and O–H groups in total. The van der Waals surface area contributed by atoms with Crippen LogP contribution in [0.4, 0.5) is 0 Å². The smallest absolute Gasteiger partial charge is 0.182 e. The quantitative estimate of drug-likeness (QED) is 0.592. The molecule has 0 saturated heterocycles. The van der Waals surface area contributed by atoms with E-state index in [2.05, 4.69) is 18.4 Å². The number of carbonyl (C=O) groups is 1. The number of hydrogen-bond donors (Lipinski definition) is 0. The highest BCUT2D eigenvalue weighted by Crippen LogP contribution is 2.38. The van der Waals surface area contributed by atoms with E-state index in [4.69, 9.17) is 11.6 Å². The molecule has 0 bridgehead atoms. The Morgan fingerprint density at radius 3 is 2.61 bits per heavy atom. The maximum Gasteiger partial charge on any atom is 0.182 e. The fourth-order valence-corrected chi connectivity index (χ4v) is 3.38. The molecule has 1 aliphatic rings. The first-order valence-corrected chi connectivity index (χ1v) is 7.23. The predicted molar refractivity (Wildman–Crippen MR) is 75.6 cm³/mol. The van der Waals surface area contributed by atoms with Crippen molar-refractivity contribution >= 4 is 17.4 Å². The molecule has 2 rings (SSSR count). The van der Waals surface area contributed by atoms with Crippen LogP contribution < -0.4 is 0 Å². The number of Topliss-reactive ketones (excluding diaryl/α,β-unsaturated/α-hetero) is 1. The highest BCUT2D eigenvalue weighted by molar-refractivity contribution is 6.33. The average Bonchev–Trinajstić information content (AvgIpc) is 2.82. The lowest BCUT2D eigenvalue weighted by molar-refractivity contribution is 0.0991. The van der Waals surface area contributed by atoms with Gasteiger partial charge in [-0.15, -0.1) is 11.6 Å². The van der Waals surface area contributed by atoms with Crippen molar-refractivity contribution in [2.24, 2.45) is 5.92 Å². The molecule has 100 valence electrons. The number of aryl methyl sites for hydroxylation is 1. The Hall–Kier alpha value is -0.760. The minimum absolute atomic E-state index is 0.0432. The Labute approximate surface area is 114 Å². The Morgan fingerprint density at radius 2 is 2.11 bits per heavy atom. The van der Waals surface area contributed by atoms with Crippen LogP contribution in [0.5, 0.6) is 0 Å². The maximum atomic E-state index is 12.1. The second kappa shape index (κ2) is 5.08. The maximum absolute atomic E-state index is 12.1. The van der Waals surface area contributed by atoms with Crippen molar-refractivity contribution < 1.29 is 4.79 Å². The van der Waals surface area contributed by atoms with E-state index >= 15 is 0 Å². The van der Waals surface area contributed by atoms with Crippen molar-refractivity contribution in [3.63, 3.8) is 0 Å². The van der Waals surface area contributed by atoms with Crippen molar-refractivity contribution in [2.75, 3.05) is 0 Å². The van der Waals surface area contributed by atoms with Gasteiger partial charge in [-0.1, -0.05) is 13.3 Å². The molecule has 18 heavy (non-hydrogen) atoms. The standard InChI is InChI=1S/C15H22ClNO/c1-9-6-5-7-14(9)17-10(2)8-13(12(17)4)15(18)11(3)16/h8-9,11,14H,5-7H2,1-4H3. The van der Waals surface area contributed by atoms with Gasteiger partial charge in [-0.05, 0) is 45.6 Å². The molecule has 1 aromatic rings. The summed E-state index contributed by atoms with van der Waals surface area (Å²) in [5, 5.41) is -0.444. The van der Waals surface area contributed by atoms with Crippen molar-refractivity contribution in [2.45, 2.75) is 58.4 Å². The number of aromatic nitrogens is 1. The van der Waals surface area contributed by atoms with E-state index < -0.39 is 5.38 Å². The Bertz CT molecular complexity index is 461. The van der Waals surface area contributed by atoms with Crippen LogP contribution >= 0.6 is 11.6 Å². The molecule has 0 radical (unpaired) electrons. The number of carbonyl (C=O) groups excluding carboxylic acids is 1. The summed E-state index contributed by atoms with van der Waals surface area (Å²) in [5.41, 5.74) is 3.07. The third-order valence-electron chi connectivity index (χ3n) is 4.26. The van der Waals surface area contributed by atoms with Crippen LogP contribution in [0.15, 0.2) is 6.07 Å². The van der Waals surface area contributed by atoms with E-state index in [-0.39, 0.29) is 5.78 Å². The van der Waals surface area contributed by atoms with Gasteiger partial charge >= 0.3 is 0 Å². The summed E-state index contributed by atoms with van der Waals surface area (Å²) >= 11 is 5.93. The van der Waals surface area contributed by atoms with Crippen LogP contribution in [0.25, 0.3) is 0 Å². The Morgan fingerprint density at radius 1 is 1.44 bits per heavy atom. The zero-order chi connectivity index (χ0) is 13.4. The first-order valence-electron chi connectivity index (χ1n) is 6.80. The fourth-order valence-electron chi connectivity index (χ4n) is 3.26. The largest absolute Gasteiger partial charge is 0.345 e. The normalized spacial score (nSPS) is 25.4. The molecule has 3 unspecified atom stereocenters. The van der Waals surface area contributed by atoms with E-state index in [0.717, 1.165) is 11.3 Å². The molecule has 0 aliphatic heterocycles. The molecule has 3 atom stereocenters. The zero-order valence-electron chi connectivity index (χ0n) is 11.7. The summed E-state index contributed by atoms with van der Waals surface area (Å²) < 4.78 is 2.35. The summed E-state index contributed by atoms with van der Waals surface area (Å²) in [7, 11) is 0. The molecule has 1 fully saturated rings. The third kappa shape index (κ3) is 2.23. The molecule has 3 heteroatoms. The van der Waals surface area contributed by atoms with Crippen LogP contribution in [0.2, 0.25) is 0 Å². The topological polar surface area (TPSA) is 22.0 Å². The zero-order valence-corrected chi connectivity index (χ0v) is 12.4. The number of hydrogen-bond acceptors (Lipinski definition) is 1. The summed E-state index contributed by atoms with van der Waals surface area (Å²) in [5.74, 6) is 0.743. The van der Waals surface area contributed by atoms with Gasteiger partial charge in [-0.3, -0.25) is 4.79 Å². The van der Waals surface area contributed by atoms with Gasteiger partial charge in [0.25, 0.3) is 0 Å². The first-order chi connectivity index (χ1) is 8.43. The number of alkyl halides is 1. The minimum Gasteiger partial charge on any atom is -0.345 e. The van der Waals surface area contributed by atoms with E-state index in [1.807, 2.05) is 13.0 Å². The van der Waals surface area contributed by atoms with E-state index in [1.54, 1.807) is 6.92 Å². The molecule has 0 spiro atoms. The fraction of sp³-hybridized carbons (Fsp3) is 0.667.